The van der Waals surface area contributed by atoms with Crippen LogP contribution in [0.15, 0.2) is 24.3 Å². The Bertz CT molecular complexity index is 495. The molecule has 0 bridgehead atoms. The van der Waals surface area contributed by atoms with Gasteiger partial charge in [0.1, 0.15) is 0 Å². The van der Waals surface area contributed by atoms with Gasteiger partial charge in [-0.2, -0.15) is 0 Å². The van der Waals surface area contributed by atoms with Crippen LogP contribution in [0.4, 0.5) is 0 Å². The normalized spacial score (nSPS) is 9.43. The van der Waals surface area contributed by atoms with E-state index in [-0.39, 0.29) is 0 Å². The van der Waals surface area contributed by atoms with Gasteiger partial charge in [-0.3, -0.25) is 0 Å². The Morgan fingerprint density at radius 3 is 1.76 bits per heavy atom. The highest BCUT2D eigenvalue weighted by molar-refractivity contribution is 5.25. The third-order valence-electron chi connectivity index (χ3n) is 2.76. The molecule has 0 heteroatoms. The Balaban J connectivity index is 3.39. The highest BCUT2D eigenvalue weighted by Crippen LogP contribution is 2.05. The van der Waals surface area contributed by atoms with Crippen molar-refractivity contribution in [1.82, 2.24) is 0 Å². The van der Waals surface area contributed by atoms with Crippen molar-refractivity contribution in [2.24, 2.45) is 0 Å². The first-order chi connectivity index (χ1) is 10.4. The van der Waals surface area contributed by atoms with E-state index in [2.05, 4.69) is 41.6 Å². The zero-order chi connectivity index (χ0) is 15.4. The molecular weight excluding hydrogens is 252 g/mol. The third-order valence-corrected chi connectivity index (χ3v) is 2.76. The van der Waals surface area contributed by atoms with Gasteiger partial charge in [-0.1, -0.05) is 48.7 Å². The van der Waals surface area contributed by atoms with Gasteiger partial charge in [0.05, 0.1) is 0 Å². The van der Waals surface area contributed by atoms with Gasteiger partial charge in [0.2, 0.25) is 0 Å². The number of unbranched alkanes of at least 4 members (excludes halogenated alkanes) is 7. The monoisotopic (exact) mass is 276 g/mol. The molecule has 0 aliphatic heterocycles. The molecule has 0 atom stereocenters. The van der Waals surface area contributed by atoms with Gasteiger partial charge in [-0.05, 0) is 56.1 Å². The van der Waals surface area contributed by atoms with E-state index in [0.717, 1.165) is 38.5 Å². The molecule has 0 nitrogen and oxygen atoms in total. The molecule has 0 saturated heterocycles. The lowest BCUT2D eigenvalue weighted by atomic mass is 10.1. The second-order valence-corrected chi connectivity index (χ2v) is 4.59. The molecular formula is C21H24. The van der Waals surface area contributed by atoms with E-state index >= 15 is 0 Å². The zero-order valence-electron chi connectivity index (χ0n) is 12.8. The molecule has 0 aromatic heterocycles. The molecule has 0 saturated carbocycles. The summed E-state index contributed by atoms with van der Waals surface area (Å²) in [6, 6.07) is 0. The van der Waals surface area contributed by atoms with E-state index in [0.29, 0.717) is 0 Å². The number of hydrogen-bond acceptors (Lipinski definition) is 0. The van der Waals surface area contributed by atoms with E-state index in [1.807, 2.05) is 6.08 Å². The Kier molecular flexibility index (Phi) is 15.8. The molecule has 0 rings (SSSR count). The average molecular weight is 276 g/mol. The van der Waals surface area contributed by atoms with E-state index in [1.165, 1.54) is 19.3 Å². The first kappa shape index (κ1) is 18.7. The van der Waals surface area contributed by atoms with Crippen LogP contribution in [-0.4, -0.2) is 0 Å². The summed E-state index contributed by atoms with van der Waals surface area (Å²) in [7, 11) is 0. The maximum atomic E-state index is 5.12. The summed E-state index contributed by atoms with van der Waals surface area (Å²) in [5.74, 6) is 16.9. The predicted octanol–water partition coefficient (Wildman–Crippen LogP) is 4.88. The predicted molar refractivity (Wildman–Crippen MR) is 93.1 cm³/mol. The second kappa shape index (κ2) is 17.7. The average Bonchev–Trinajstić information content (AvgIpc) is 2.50. The molecule has 0 spiro atoms. The molecule has 108 valence electrons. The lowest BCUT2D eigenvalue weighted by Gasteiger charge is -1.94. The molecule has 0 heterocycles. The largest absolute Gasteiger partial charge is 0.115 e. The summed E-state index contributed by atoms with van der Waals surface area (Å²) >= 11 is 0. The summed E-state index contributed by atoms with van der Waals surface area (Å²) in [6.45, 7) is 0. The number of rotatable bonds is 9. The molecule has 0 aliphatic carbocycles. The van der Waals surface area contributed by atoms with Crippen molar-refractivity contribution in [3.8, 4) is 48.4 Å². The fourth-order valence-electron chi connectivity index (χ4n) is 1.65. The number of terminal acetylenes is 2. The van der Waals surface area contributed by atoms with Crippen LogP contribution in [0.1, 0.15) is 57.8 Å². The molecule has 21 heavy (non-hydrogen) atoms. The molecule has 0 aromatic rings. The number of hydrogen-bond donors (Lipinski definition) is 0. The fraction of sp³-hybridized carbons (Fsp3) is 0.429. The molecule has 0 radical (unpaired) electrons. The number of allylic oxidation sites excluding steroid dienone is 4. The molecule has 0 unspecified atom stereocenters. The first-order valence-corrected chi connectivity index (χ1v) is 7.59. The van der Waals surface area contributed by atoms with Crippen LogP contribution in [0.25, 0.3) is 0 Å². The maximum Gasteiger partial charge on any atom is 0.0102 e. The summed E-state index contributed by atoms with van der Waals surface area (Å²) in [4.78, 5) is 0. The standard InChI is InChI=1S/C21H24/c1-3-5-7-9-11-13-15-17-19-21-20-18-16-14-12-10-8-6-4-2/h1-2,5-8H,9-15,17,19H2/b7-5+,8-6+. The van der Waals surface area contributed by atoms with Crippen LogP contribution in [0.5, 0.6) is 0 Å². The maximum absolute atomic E-state index is 5.12. The van der Waals surface area contributed by atoms with E-state index in [1.54, 1.807) is 12.2 Å². The van der Waals surface area contributed by atoms with Crippen LogP contribution in [0.3, 0.4) is 0 Å². The molecule has 0 N–H and O–H groups in total. The van der Waals surface area contributed by atoms with Crippen LogP contribution >= 0.6 is 0 Å². The Labute approximate surface area is 131 Å². The van der Waals surface area contributed by atoms with Crippen molar-refractivity contribution < 1.29 is 0 Å². The summed E-state index contributed by atoms with van der Waals surface area (Å²) < 4.78 is 0. The molecule has 0 aromatic carbocycles. The highest BCUT2D eigenvalue weighted by atomic mass is 13.9. The topological polar surface area (TPSA) is 0 Å². The van der Waals surface area contributed by atoms with Gasteiger partial charge in [-0.15, -0.1) is 12.8 Å². The van der Waals surface area contributed by atoms with Crippen molar-refractivity contribution in [2.45, 2.75) is 57.8 Å². The lowest BCUT2D eigenvalue weighted by Crippen LogP contribution is -1.76. The van der Waals surface area contributed by atoms with Gasteiger partial charge in [0, 0.05) is 12.8 Å². The van der Waals surface area contributed by atoms with Crippen molar-refractivity contribution in [3.05, 3.63) is 24.3 Å². The van der Waals surface area contributed by atoms with Crippen LogP contribution in [0.2, 0.25) is 0 Å². The first-order valence-electron chi connectivity index (χ1n) is 7.59. The van der Waals surface area contributed by atoms with Gasteiger partial charge in [-0.25, -0.2) is 0 Å². The van der Waals surface area contributed by atoms with E-state index < -0.39 is 0 Å². The van der Waals surface area contributed by atoms with Gasteiger partial charge >= 0.3 is 0 Å². The minimum atomic E-state index is 0.884. The minimum absolute atomic E-state index is 0.884. The van der Waals surface area contributed by atoms with Crippen molar-refractivity contribution in [1.29, 1.82) is 0 Å². The summed E-state index contributed by atoms with van der Waals surface area (Å²) in [5.41, 5.74) is 0. The van der Waals surface area contributed by atoms with Gasteiger partial charge in [0.25, 0.3) is 0 Å². The summed E-state index contributed by atoms with van der Waals surface area (Å²) in [6.07, 6.45) is 27.6. The van der Waals surface area contributed by atoms with Crippen molar-refractivity contribution in [3.63, 3.8) is 0 Å². The van der Waals surface area contributed by atoms with Crippen LogP contribution in [0, 0.1) is 48.4 Å². The van der Waals surface area contributed by atoms with Crippen molar-refractivity contribution >= 4 is 0 Å². The highest BCUT2D eigenvalue weighted by Gasteiger charge is 1.86. The zero-order valence-corrected chi connectivity index (χ0v) is 12.8. The third kappa shape index (κ3) is 17.7. The van der Waals surface area contributed by atoms with E-state index in [4.69, 9.17) is 12.8 Å². The van der Waals surface area contributed by atoms with Crippen molar-refractivity contribution in [2.75, 3.05) is 0 Å². The fourth-order valence-corrected chi connectivity index (χ4v) is 1.65. The second-order valence-electron chi connectivity index (χ2n) is 4.59. The summed E-state index contributed by atoms with van der Waals surface area (Å²) in [5, 5.41) is 0. The van der Waals surface area contributed by atoms with Crippen LogP contribution in [-0.2, 0) is 0 Å². The van der Waals surface area contributed by atoms with Gasteiger partial charge in [0.15, 0.2) is 0 Å². The molecule has 0 aliphatic rings. The van der Waals surface area contributed by atoms with Gasteiger partial charge < -0.3 is 0 Å². The lowest BCUT2D eigenvalue weighted by molar-refractivity contribution is 0.656. The smallest absolute Gasteiger partial charge is 0.0102 e. The Morgan fingerprint density at radius 1 is 0.619 bits per heavy atom. The van der Waals surface area contributed by atoms with E-state index in [9.17, 15) is 0 Å². The minimum Gasteiger partial charge on any atom is -0.115 e. The van der Waals surface area contributed by atoms with Crippen LogP contribution < -0.4 is 0 Å². The Hall–Kier alpha value is -2.28. The molecule has 0 amide bonds. The quantitative estimate of drug-likeness (QED) is 0.416. The SMILES string of the molecule is C#C/C=C/CCCC#CC#CCCCCCC/C=C/C#C. The molecule has 0 fully saturated rings. The Morgan fingerprint density at radius 2 is 1.14 bits per heavy atom.